The number of furan rings is 1. The molecule has 4 aromatic heterocycles. The first-order chi connectivity index (χ1) is 62.7. The predicted octanol–water partition coefficient (Wildman–Crippen LogP) is 33.7. The van der Waals surface area contributed by atoms with Gasteiger partial charge in [0.2, 0.25) is 0 Å². The van der Waals surface area contributed by atoms with Crippen molar-refractivity contribution in [1.29, 1.82) is 0 Å². The molecular weight excluding hydrogens is 1520 g/mol. The van der Waals surface area contributed by atoms with Crippen LogP contribution in [0.5, 0.6) is 0 Å². The predicted molar refractivity (Wildman–Crippen MR) is 534 cm³/mol. The Morgan fingerprint density at radius 1 is 0.232 bits per heavy atom. The van der Waals surface area contributed by atoms with E-state index in [0.29, 0.717) is 28.2 Å². The highest BCUT2D eigenvalue weighted by atomic mass is 16.3. The number of anilines is 6. The van der Waals surface area contributed by atoms with Gasteiger partial charge in [0.1, 0.15) is 0 Å². The summed E-state index contributed by atoms with van der Waals surface area (Å²) < 4.78 is 91.5. The standard InChI is InChI=1S/C119H113N5O/c1-113(2,3)77-44-41-72(42-45-77)75-57-74(71-31-23-22-24-32-71)60-85(61-75)122-105-62-73(76-58-82(118(16,17)18)63-83(59-76)119(19,20)21)43-51-91(105)109-92-52-50-84(120-97-37-27-25-33-87(97)88-34-26-28-38-98(88)120)68-106(92)124(108-70-86(69-107(122)110(108)109)121-99-53-46-78(114(4,5)6)64-93(99)94-65-79(115(7,8)9)47-54-100(94)121)104-40-30-36-90-89-35-29-39-103(111(89)125-112(90)104)123-101-55-48-80(116(10,11)12)66-95(101)96-67-81(117(13,14)15)49-56-102(96)123/h22-70,109H,1-21H3/i25D,26D,27D,28D,33D,34D,37D,38D. The Labute approximate surface area is 748 Å². The largest absolute Gasteiger partial charge is 0.452 e. The van der Waals surface area contributed by atoms with Gasteiger partial charge in [0.25, 0.3) is 0 Å². The highest BCUT2D eigenvalue weighted by Crippen LogP contribution is 2.64. The van der Waals surface area contributed by atoms with Crippen molar-refractivity contribution >= 4 is 121 Å². The smallest absolute Gasteiger partial charge is 0.159 e. The summed E-state index contributed by atoms with van der Waals surface area (Å²) >= 11 is 0. The van der Waals surface area contributed by atoms with Crippen molar-refractivity contribution in [2.24, 2.45) is 0 Å². The van der Waals surface area contributed by atoms with Crippen molar-refractivity contribution in [2.45, 2.75) is 189 Å². The van der Waals surface area contributed by atoms with Crippen LogP contribution < -0.4 is 9.80 Å². The fraction of sp³-hybridized carbons (Fsp3) is 0.244. The van der Waals surface area contributed by atoms with E-state index in [-0.39, 0.29) is 71.8 Å². The topological polar surface area (TPSA) is 34.4 Å². The van der Waals surface area contributed by atoms with Crippen molar-refractivity contribution < 1.29 is 15.4 Å². The lowest BCUT2D eigenvalue weighted by atomic mass is 9.74. The second kappa shape index (κ2) is 27.8. The van der Waals surface area contributed by atoms with Crippen LogP contribution in [0.15, 0.2) is 301 Å². The van der Waals surface area contributed by atoms with Crippen LogP contribution in [0.4, 0.5) is 34.1 Å². The number of para-hydroxylation sites is 4. The van der Waals surface area contributed by atoms with Crippen molar-refractivity contribution in [3.05, 3.63) is 353 Å². The maximum absolute atomic E-state index is 10.0. The van der Waals surface area contributed by atoms with Gasteiger partial charge in [-0.1, -0.05) is 321 Å². The molecule has 1 unspecified atom stereocenters. The Kier molecular flexibility index (Phi) is 15.7. The Morgan fingerprint density at radius 2 is 0.624 bits per heavy atom. The molecule has 0 amide bonds. The van der Waals surface area contributed by atoms with Crippen LogP contribution in [0, 0.1) is 0 Å². The van der Waals surface area contributed by atoms with Crippen LogP contribution in [0.3, 0.4) is 0 Å². The number of nitrogens with zero attached hydrogens (tertiary/aromatic N) is 5. The summed E-state index contributed by atoms with van der Waals surface area (Å²) in [6.45, 7) is 48.0. The maximum Gasteiger partial charge on any atom is 0.159 e. The third-order valence-corrected chi connectivity index (χ3v) is 26.9. The van der Waals surface area contributed by atoms with Gasteiger partial charge in [-0.15, -0.1) is 0 Å². The van der Waals surface area contributed by atoms with E-state index in [0.717, 1.165) is 139 Å². The molecule has 0 aliphatic carbocycles. The summed E-state index contributed by atoms with van der Waals surface area (Å²) in [5.74, 6) is -0.559. The average molecular weight is 1640 g/mol. The van der Waals surface area contributed by atoms with Crippen molar-refractivity contribution in [1.82, 2.24) is 13.7 Å². The molecule has 21 rings (SSSR count). The molecule has 0 saturated carbocycles. The van der Waals surface area contributed by atoms with Crippen LogP contribution in [0.1, 0.15) is 218 Å². The highest BCUT2D eigenvalue weighted by Gasteiger charge is 2.44. The minimum Gasteiger partial charge on any atom is -0.452 e. The molecule has 125 heavy (non-hydrogen) atoms. The van der Waals surface area contributed by atoms with E-state index in [9.17, 15) is 11.0 Å². The molecule has 2 aliphatic rings. The maximum atomic E-state index is 10.0. The Hall–Kier alpha value is -12.9. The molecule has 0 N–H and O–H groups in total. The van der Waals surface area contributed by atoms with Crippen LogP contribution >= 0.6 is 0 Å². The molecule has 6 heteroatoms. The van der Waals surface area contributed by atoms with E-state index in [1.54, 1.807) is 4.57 Å². The van der Waals surface area contributed by atoms with E-state index in [4.69, 9.17) is 4.42 Å². The molecule has 0 fully saturated rings. The van der Waals surface area contributed by atoms with E-state index < -0.39 is 42.2 Å². The lowest BCUT2D eigenvalue weighted by molar-refractivity contribution is 0.569. The zero-order chi connectivity index (χ0) is 94.0. The second-order valence-electron chi connectivity index (χ2n) is 42.6. The fourth-order valence-corrected chi connectivity index (χ4v) is 19.7. The quantitative estimate of drug-likeness (QED) is 0.152. The Bertz CT molecular complexity index is 7960. The first kappa shape index (κ1) is 70.5. The van der Waals surface area contributed by atoms with Crippen LogP contribution in [-0.2, 0) is 37.9 Å². The minimum atomic E-state index is -0.559. The summed E-state index contributed by atoms with van der Waals surface area (Å²) in [7, 11) is 0. The molecule has 0 saturated heterocycles. The number of fused-ring (bicyclic) bond motifs is 16. The molecule has 6 nitrogen and oxygen atoms in total. The second-order valence-corrected chi connectivity index (χ2v) is 42.6. The van der Waals surface area contributed by atoms with Gasteiger partial charge in [0, 0.05) is 65.9 Å². The molecule has 19 aromatic rings. The van der Waals surface area contributed by atoms with Gasteiger partial charge in [-0.3, -0.25) is 0 Å². The van der Waals surface area contributed by atoms with Gasteiger partial charge in [0.15, 0.2) is 11.2 Å². The molecule has 2 aliphatic heterocycles. The third-order valence-electron chi connectivity index (χ3n) is 26.9. The molecule has 6 heterocycles. The summed E-state index contributed by atoms with van der Waals surface area (Å²) in [6.07, 6.45) is 0. The third kappa shape index (κ3) is 13.0. The van der Waals surface area contributed by atoms with Gasteiger partial charge in [0.05, 0.1) is 83.9 Å². The van der Waals surface area contributed by atoms with E-state index >= 15 is 0 Å². The summed E-state index contributed by atoms with van der Waals surface area (Å²) in [6, 6.07) is 89.7. The van der Waals surface area contributed by atoms with E-state index in [1.165, 1.54) is 38.9 Å². The van der Waals surface area contributed by atoms with Gasteiger partial charge in [-0.25, -0.2) is 0 Å². The van der Waals surface area contributed by atoms with Gasteiger partial charge in [-0.2, -0.15) is 0 Å². The zero-order valence-electron chi connectivity index (χ0n) is 83.9. The minimum absolute atomic E-state index is 0.00539. The molecule has 1 atom stereocenters. The zero-order valence-corrected chi connectivity index (χ0v) is 75.9. The average Bonchev–Trinajstić information content (AvgIpc) is 1.42. The Morgan fingerprint density at radius 3 is 1.11 bits per heavy atom. The van der Waals surface area contributed by atoms with E-state index in [2.05, 4.69) is 407 Å². The van der Waals surface area contributed by atoms with Crippen molar-refractivity contribution in [3.8, 4) is 50.4 Å². The van der Waals surface area contributed by atoms with Crippen molar-refractivity contribution in [2.75, 3.05) is 9.80 Å². The molecule has 0 bridgehead atoms. The molecule has 15 aromatic carbocycles. The van der Waals surface area contributed by atoms with Crippen LogP contribution in [-0.4, -0.2) is 13.7 Å². The molecular formula is C119H113N5O. The van der Waals surface area contributed by atoms with E-state index in [1.807, 2.05) is 6.07 Å². The number of aromatic nitrogens is 3. The SMILES string of the molecule is [2H]c1c([2H])c([2H])c2c(c1[2H])c1c([2H])c([2H])c([2H])c([2H])c1n2-c1ccc2c(c1)N(c1cccc3c1oc1c(-n4c5ccc(C(C)(C)C)cc5c5cc(C(C)(C)C)ccc54)cccc13)c1cc(-n3c4ccc(C(C)(C)C)cc4c4cc(C(C)(C)C)ccc43)cc3c1C2c1ccc(-c2cc(C(C)(C)C)cc(C(C)(C)C)c2)cc1N3c1cc(-c2ccccc2)cc(-c2ccc(C(C)(C)C)cc2)c1. The number of benzene rings is 15. The molecule has 0 radical (unpaired) electrons. The van der Waals surface area contributed by atoms with Crippen molar-refractivity contribution in [3.63, 3.8) is 0 Å². The van der Waals surface area contributed by atoms with Gasteiger partial charge < -0.3 is 27.9 Å². The normalized spacial score (nSPS) is 15.1. The van der Waals surface area contributed by atoms with Gasteiger partial charge >= 0.3 is 0 Å². The molecule has 0 spiro atoms. The number of hydrogen-bond donors (Lipinski definition) is 0. The number of rotatable bonds is 8. The summed E-state index contributed by atoms with van der Waals surface area (Å²) in [5, 5.41) is 6.32. The number of hydrogen-bond acceptors (Lipinski definition) is 3. The fourth-order valence-electron chi connectivity index (χ4n) is 19.7. The Balaban J connectivity index is 0.945. The van der Waals surface area contributed by atoms with Crippen LogP contribution in [0.2, 0.25) is 0 Å². The highest BCUT2D eigenvalue weighted by molar-refractivity contribution is 6.17. The molecule has 620 valence electrons. The monoisotopic (exact) mass is 1640 g/mol. The summed E-state index contributed by atoms with van der Waals surface area (Å²) in [4.78, 5) is 4.93. The first-order valence-electron chi connectivity index (χ1n) is 48.4. The van der Waals surface area contributed by atoms with Crippen LogP contribution in [0.25, 0.3) is 138 Å². The van der Waals surface area contributed by atoms with Gasteiger partial charge in [-0.05, 0) is 243 Å². The summed E-state index contributed by atoms with van der Waals surface area (Å²) in [5.41, 5.74) is 29.4. The first-order valence-corrected chi connectivity index (χ1v) is 44.4. The lowest BCUT2D eigenvalue weighted by Crippen LogP contribution is -2.30. The lowest BCUT2D eigenvalue weighted by Gasteiger charge is -2.45.